The largest absolute Gasteiger partial charge is 0.433 e. The van der Waals surface area contributed by atoms with Gasteiger partial charge in [0.15, 0.2) is 0 Å². The van der Waals surface area contributed by atoms with Gasteiger partial charge in [0.25, 0.3) is 0 Å². The molecule has 1 unspecified atom stereocenters. The van der Waals surface area contributed by atoms with Crippen LogP contribution in [0.1, 0.15) is 30.2 Å². The maximum Gasteiger partial charge on any atom is 0.433 e. The quantitative estimate of drug-likeness (QED) is 0.763. The van der Waals surface area contributed by atoms with Crippen molar-refractivity contribution in [2.45, 2.75) is 25.1 Å². The zero-order valence-corrected chi connectivity index (χ0v) is 8.83. The number of pyridine rings is 1. The lowest BCUT2D eigenvalue weighted by atomic mass is 10.0. The lowest BCUT2D eigenvalue weighted by Gasteiger charge is -2.22. The van der Waals surface area contributed by atoms with Gasteiger partial charge in [0.1, 0.15) is 11.5 Å². The van der Waals surface area contributed by atoms with E-state index in [1.165, 1.54) is 6.07 Å². The molecule has 0 radical (unpaired) electrons. The Labute approximate surface area is 95.6 Å². The van der Waals surface area contributed by atoms with Gasteiger partial charge in [-0.3, -0.25) is 9.78 Å². The first kappa shape index (κ1) is 12.0. The Morgan fingerprint density at radius 3 is 2.82 bits per heavy atom. The summed E-state index contributed by atoms with van der Waals surface area (Å²) in [5.74, 6) is 0.00613. The molecule has 0 bridgehead atoms. The molecule has 17 heavy (non-hydrogen) atoms. The topological polar surface area (TPSA) is 39.2 Å². The van der Waals surface area contributed by atoms with E-state index in [2.05, 4.69) is 4.98 Å². The predicted octanol–water partition coefficient (Wildman–Crippen LogP) is 2.52. The molecule has 1 aliphatic rings. The summed E-state index contributed by atoms with van der Waals surface area (Å²) in [6, 6.07) is 2.38. The van der Waals surface area contributed by atoms with E-state index in [0.29, 0.717) is 12.0 Å². The van der Waals surface area contributed by atoms with Crippen LogP contribution in [0.15, 0.2) is 18.3 Å². The Morgan fingerprint density at radius 2 is 2.18 bits per heavy atom. The number of ketones is 1. The van der Waals surface area contributed by atoms with Crippen LogP contribution in [0.2, 0.25) is 0 Å². The van der Waals surface area contributed by atoms with E-state index in [9.17, 15) is 18.0 Å². The Kier molecular flexibility index (Phi) is 3.15. The van der Waals surface area contributed by atoms with Gasteiger partial charge in [0, 0.05) is 19.0 Å². The van der Waals surface area contributed by atoms with Gasteiger partial charge in [-0.15, -0.1) is 0 Å². The number of alkyl halides is 3. The summed E-state index contributed by atoms with van der Waals surface area (Å²) in [5, 5.41) is 0. The third-order valence-corrected chi connectivity index (χ3v) is 2.56. The van der Waals surface area contributed by atoms with Crippen molar-refractivity contribution in [3.63, 3.8) is 0 Å². The molecule has 1 fully saturated rings. The predicted molar refractivity (Wildman–Crippen MR) is 52.2 cm³/mol. The molecule has 0 aliphatic carbocycles. The lowest BCUT2D eigenvalue weighted by molar-refractivity contribution is -0.141. The number of carbonyl (C=O) groups is 1. The van der Waals surface area contributed by atoms with E-state index < -0.39 is 18.0 Å². The zero-order chi connectivity index (χ0) is 12.5. The monoisotopic (exact) mass is 245 g/mol. The van der Waals surface area contributed by atoms with Gasteiger partial charge < -0.3 is 4.74 Å². The summed E-state index contributed by atoms with van der Waals surface area (Å²) < 4.78 is 42.6. The van der Waals surface area contributed by atoms with Crippen molar-refractivity contribution < 1.29 is 22.7 Å². The number of rotatable bonds is 1. The summed E-state index contributed by atoms with van der Waals surface area (Å²) in [7, 11) is 0. The second-order valence-corrected chi connectivity index (χ2v) is 3.82. The molecule has 0 spiro atoms. The van der Waals surface area contributed by atoms with E-state index in [0.717, 1.165) is 12.3 Å². The molecule has 0 aromatic carbocycles. The van der Waals surface area contributed by atoms with E-state index in [4.69, 9.17) is 4.74 Å². The highest BCUT2D eigenvalue weighted by Crippen LogP contribution is 2.31. The highest BCUT2D eigenvalue weighted by molar-refractivity contribution is 5.79. The molecule has 0 saturated carbocycles. The fourth-order valence-electron chi connectivity index (χ4n) is 1.70. The maximum atomic E-state index is 12.4. The van der Waals surface area contributed by atoms with Crippen LogP contribution in [-0.4, -0.2) is 17.4 Å². The van der Waals surface area contributed by atoms with Crippen molar-refractivity contribution in [1.82, 2.24) is 4.98 Å². The molecule has 2 rings (SSSR count). The molecule has 2 heterocycles. The summed E-state index contributed by atoms with van der Waals surface area (Å²) in [6.07, 6.45) is -3.52. The van der Waals surface area contributed by atoms with Gasteiger partial charge in [-0.25, -0.2) is 0 Å². The van der Waals surface area contributed by atoms with Crippen LogP contribution in [-0.2, 0) is 15.7 Å². The van der Waals surface area contributed by atoms with Crippen LogP contribution < -0.4 is 0 Å². The first-order chi connectivity index (χ1) is 7.97. The zero-order valence-electron chi connectivity index (χ0n) is 8.83. The third kappa shape index (κ3) is 2.82. The first-order valence-electron chi connectivity index (χ1n) is 5.13. The molecule has 6 heteroatoms. The molecular formula is C11H10F3NO2. The number of hydrogen-bond donors (Lipinski definition) is 0. The molecule has 0 amide bonds. The lowest BCUT2D eigenvalue weighted by Crippen LogP contribution is -2.20. The van der Waals surface area contributed by atoms with Crippen molar-refractivity contribution >= 4 is 5.78 Å². The molecular weight excluding hydrogens is 235 g/mol. The third-order valence-electron chi connectivity index (χ3n) is 2.56. The highest BCUT2D eigenvalue weighted by Gasteiger charge is 2.33. The Morgan fingerprint density at radius 1 is 1.41 bits per heavy atom. The summed E-state index contributed by atoms with van der Waals surface area (Å²) in [5.41, 5.74) is -0.614. The normalized spacial score (nSPS) is 21.6. The second kappa shape index (κ2) is 4.44. The van der Waals surface area contributed by atoms with E-state index in [1.54, 1.807) is 0 Å². The van der Waals surface area contributed by atoms with Gasteiger partial charge in [-0.05, 0) is 17.7 Å². The number of carbonyl (C=O) groups excluding carboxylic acids is 1. The first-order valence-corrected chi connectivity index (χ1v) is 5.13. The van der Waals surface area contributed by atoms with Gasteiger partial charge in [0.05, 0.1) is 12.7 Å². The van der Waals surface area contributed by atoms with Crippen LogP contribution >= 0.6 is 0 Å². The molecule has 92 valence electrons. The van der Waals surface area contributed by atoms with Gasteiger partial charge >= 0.3 is 6.18 Å². The van der Waals surface area contributed by atoms with Crippen molar-refractivity contribution in [1.29, 1.82) is 0 Å². The Hall–Kier alpha value is -1.43. The SMILES string of the molecule is O=C1CCOC(c2ccnc(C(F)(F)F)c2)C1. The summed E-state index contributed by atoms with van der Waals surface area (Å²) >= 11 is 0. The van der Waals surface area contributed by atoms with E-state index in [1.807, 2.05) is 0 Å². The average molecular weight is 245 g/mol. The van der Waals surface area contributed by atoms with E-state index in [-0.39, 0.29) is 18.8 Å². The molecule has 1 atom stereocenters. The summed E-state index contributed by atoms with van der Waals surface area (Å²) in [6.45, 7) is 0.257. The average Bonchev–Trinajstić information content (AvgIpc) is 2.28. The Bertz CT molecular complexity index is 431. The Balaban J connectivity index is 2.24. The van der Waals surface area contributed by atoms with Crippen LogP contribution in [0.4, 0.5) is 13.2 Å². The van der Waals surface area contributed by atoms with Crippen LogP contribution in [0.25, 0.3) is 0 Å². The number of hydrogen-bond acceptors (Lipinski definition) is 3. The highest BCUT2D eigenvalue weighted by atomic mass is 19.4. The molecule has 1 aromatic heterocycles. The van der Waals surface area contributed by atoms with Crippen molar-refractivity contribution in [3.05, 3.63) is 29.6 Å². The van der Waals surface area contributed by atoms with Gasteiger partial charge in [0.2, 0.25) is 0 Å². The second-order valence-electron chi connectivity index (χ2n) is 3.82. The number of Topliss-reactive ketones (excluding diaryl/α,β-unsaturated/α-hetero) is 1. The molecule has 0 N–H and O–H groups in total. The van der Waals surface area contributed by atoms with Crippen molar-refractivity contribution in [2.75, 3.05) is 6.61 Å². The number of ether oxygens (including phenoxy) is 1. The van der Waals surface area contributed by atoms with Crippen molar-refractivity contribution in [3.8, 4) is 0 Å². The minimum absolute atomic E-state index is 0.00613. The summed E-state index contributed by atoms with van der Waals surface area (Å²) in [4.78, 5) is 14.5. The number of nitrogens with zero attached hydrogens (tertiary/aromatic N) is 1. The minimum atomic E-state index is -4.48. The van der Waals surface area contributed by atoms with E-state index >= 15 is 0 Å². The number of aromatic nitrogens is 1. The minimum Gasteiger partial charge on any atom is -0.373 e. The van der Waals surface area contributed by atoms with Gasteiger partial charge in [-0.2, -0.15) is 13.2 Å². The molecule has 1 aliphatic heterocycles. The van der Waals surface area contributed by atoms with Crippen LogP contribution in [0, 0.1) is 0 Å². The standard InChI is InChI=1S/C11H10F3NO2/c12-11(13,14)10-5-7(1-3-15-10)9-6-8(16)2-4-17-9/h1,3,5,9H,2,4,6H2. The van der Waals surface area contributed by atoms with Crippen molar-refractivity contribution in [2.24, 2.45) is 0 Å². The number of halogens is 3. The molecule has 3 nitrogen and oxygen atoms in total. The van der Waals surface area contributed by atoms with Crippen LogP contribution in [0.5, 0.6) is 0 Å². The van der Waals surface area contributed by atoms with Crippen LogP contribution in [0.3, 0.4) is 0 Å². The maximum absolute atomic E-state index is 12.4. The van der Waals surface area contributed by atoms with Gasteiger partial charge in [-0.1, -0.05) is 0 Å². The fourth-order valence-corrected chi connectivity index (χ4v) is 1.70. The smallest absolute Gasteiger partial charge is 0.373 e. The molecule has 1 aromatic rings. The molecule has 1 saturated heterocycles. The fraction of sp³-hybridized carbons (Fsp3) is 0.455.